The molecule has 0 atom stereocenters. The van der Waals surface area contributed by atoms with Gasteiger partial charge in [0.25, 0.3) is 5.78 Å². The van der Waals surface area contributed by atoms with Crippen LogP contribution in [0.5, 0.6) is 0 Å². The molecule has 0 heterocycles. The summed E-state index contributed by atoms with van der Waals surface area (Å²) in [6.45, 7) is 0. The van der Waals surface area contributed by atoms with Crippen molar-refractivity contribution in [3.05, 3.63) is 51.9 Å². The molecule has 0 aromatic heterocycles. The molecular weight excluding hydrogens is 312 g/mol. The highest BCUT2D eigenvalue weighted by Crippen LogP contribution is 2.28. The Balaban J connectivity index is 2.56. The molecule has 1 aliphatic carbocycles. The molecule has 0 spiro atoms. The lowest BCUT2D eigenvalue weighted by Crippen LogP contribution is -2.20. The quantitative estimate of drug-likeness (QED) is 0.802. The second-order valence-corrected chi connectivity index (χ2v) is 4.74. The summed E-state index contributed by atoms with van der Waals surface area (Å²) in [4.78, 5) is 24.2. The molecule has 0 bridgehead atoms. The van der Waals surface area contributed by atoms with Gasteiger partial charge in [0.05, 0.1) is 19.8 Å². The van der Waals surface area contributed by atoms with Gasteiger partial charge in [0, 0.05) is 10.5 Å². The Morgan fingerprint density at radius 1 is 1.00 bits per heavy atom. The third kappa shape index (κ3) is 2.46. The maximum Gasteiger partial charge on any atom is 0.262 e. The number of Topliss-reactive ketones (excluding diaryl/α,β-unsaturated/α-hetero) is 1. The van der Waals surface area contributed by atoms with Gasteiger partial charge in [-0.25, -0.2) is 0 Å². The van der Waals surface area contributed by atoms with Crippen LogP contribution >= 0.6 is 15.9 Å². The van der Waals surface area contributed by atoms with E-state index in [1.807, 2.05) is 0 Å². The lowest BCUT2D eigenvalue weighted by atomic mass is 9.94. The minimum atomic E-state index is -0.428. The normalized spacial score (nSPS) is 15.4. The smallest absolute Gasteiger partial charge is 0.262 e. The van der Waals surface area contributed by atoms with Gasteiger partial charge in [-0.05, 0) is 17.7 Å². The number of hydrogen-bond acceptors (Lipinski definition) is 4. The Bertz CT molecular complexity index is 596. The van der Waals surface area contributed by atoms with Crippen LogP contribution < -0.4 is 0 Å². The summed E-state index contributed by atoms with van der Waals surface area (Å²) in [7, 11) is 2.70. The second kappa shape index (κ2) is 5.40. The fourth-order valence-corrected chi connectivity index (χ4v) is 2.09. The number of allylic oxidation sites excluding steroid dienone is 2. The summed E-state index contributed by atoms with van der Waals surface area (Å²) in [6, 6.07) is 7.08. The predicted molar refractivity (Wildman–Crippen MR) is 73.2 cm³/mol. The van der Waals surface area contributed by atoms with Crippen molar-refractivity contribution in [3.8, 4) is 0 Å². The lowest BCUT2D eigenvalue weighted by Gasteiger charge is -2.17. The summed E-state index contributed by atoms with van der Waals surface area (Å²) in [5.74, 6) is -0.743. The summed E-state index contributed by atoms with van der Waals surface area (Å²) in [5.41, 5.74) is 0.880. The van der Waals surface area contributed by atoms with Crippen molar-refractivity contribution in [3.63, 3.8) is 0 Å². The van der Waals surface area contributed by atoms with Gasteiger partial charge in [-0.3, -0.25) is 9.59 Å². The molecule has 5 heteroatoms. The molecule has 0 unspecified atom stereocenters. The minimum absolute atomic E-state index is 0.00618. The van der Waals surface area contributed by atoms with E-state index in [2.05, 4.69) is 15.9 Å². The second-order valence-electron chi connectivity index (χ2n) is 3.82. The highest BCUT2D eigenvalue weighted by atomic mass is 79.9. The summed E-state index contributed by atoms with van der Waals surface area (Å²) in [5, 5.41) is 0. The molecule has 1 aromatic rings. The molecule has 0 saturated carbocycles. The van der Waals surface area contributed by atoms with Gasteiger partial charge in [0.1, 0.15) is 0 Å². The topological polar surface area (TPSA) is 52.6 Å². The molecule has 2 rings (SSSR count). The molecule has 19 heavy (non-hydrogen) atoms. The van der Waals surface area contributed by atoms with Crippen molar-refractivity contribution in [1.82, 2.24) is 0 Å². The monoisotopic (exact) mass is 322 g/mol. The van der Waals surface area contributed by atoms with Crippen LogP contribution in [0.15, 0.2) is 46.3 Å². The summed E-state index contributed by atoms with van der Waals surface area (Å²) < 4.78 is 10.8. The highest BCUT2D eigenvalue weighted by molar-refractivity contribution is 9.10. The zero-order valence-electron chi connectivity index (χ0n) is 10.4. The van der Waals surface area contributed by atoms with Gasteiger partial charge in [-0.15, -0.1) is 0 Å². The minimum Gasteiger partial charge on any atom is -0.492 e. The van der Waals surface area contributed by atoms with E-state index in [1.54, 1.807) is 24.3 Å². The van der Waals surface area contributed by atoms with Crippen LogP contribution in [-0.2, 0) is 19.1 Å². The highest BCUT2D eigenvalue weighted by Gasteiger charge is 2.31. The largest absolute Gasteiger partial charge is 0.492 e. The molecule has 0 amide bonds. The van der Waals surface area contributed by atoms with Crippen molar-refractivity contribution in [2.75, 3.05) is 14.2 Å². The third-order valence-corrected chi connectivity index (χ3v) is 3.25. The zero-order valence-corrected chi connectivity index (χ0v) is 12.0. The average molecular weight is 323 g/mol. The maximum atomic E-state index is 12.1. The van der Waals surface area contributed by atoms with Crippen molar-refractivity contribution in [1.29, 1.82) is 0 Å². The molecule has 98 valence electrons. The van der Waals surface area contributed by atoms with Crippen molar-refractivity contribution in [2.24, 2.45) is 0 Å². The van der Waals surface area contributed by atoms with Crippen molar-refractivity contribution >= 4 is 33.1 Å². The molecule has 1 aromatic carbocycles. The van der Waals surface area contributed by atoms with Crippen LogP contribution in [0.2, 0.25) is 0 Å². The predicted octanol–water partition coefficient (Wildman–Crippen LogP) is 2.49. The van der Waals surface area contributed by atoms with Gasteiger partial charge < -0.3 is 9.47 Å². The first-order valence-corrected chi connectivity index (χ1v) is 6.26. The van der Waals surface area contributed by atoms with E-state index in [4.69, 9.17) is 9.47 Å². The van der Waals surface area contributed by atoms with Gasteiger partial charge in [0.15, 0.2) is 17.3 Å². The fourth-order valence-electron chi connectivity index (χ4n) is 1.83. The number of halogens is 1. The molecule has 0 fully saturated rings. The number of rotatable bonds is 3. The number of benzene rings is 1. The van der Waals surface area contributed by atoms with Crippen LogP contribution in [0.25, 0.3) is 5.57 Å². The van der Waals surface area contributed by atoms with Gasteiger partial charge in [-0.2, -0.15) is 0 Å². The standard InChI is InChI=1S/C14H11BrO4/c1-18-11-7-10(16)12(14(19-2)13(11)17)8-3-5-9(15)6-4-8/h3-7H,1-2H3. The van der Waals surface area contributed by atoms with Crippen LogP contribution in [0.4, 0.5) is 0 Å². The first-order chi connectivity index (χ1) is 9.08. The van der Waals surface area contributed by atoms with Crippen LogP contribution in [0.3, 0.4) is 0 Å². The molecule has 0 radical (unpaired) electrons. The molecule has 1 aliphatic rings. The maximum absolute atomic E-state index is 12.1. The van der Waals surface area contributed by atoms with E-state index in [9.17, 15) is 9.59 Å². The number of hydrogen-bond donors (Lipinski definition) is 0. The van der Waals surface area contributed by atoms with Gasteiger partial charge >= 0.3 is 0 Å². The van der Waals surface area contributed by atoms with E-state index in [-0.39, 0.29) is 22.9 Å². The number of methoxy groups -OCH3 is 2. The number of carbonyl (C=O) groups is 2. The zero-order chi connectivity index (χ0) is 14.0. The van der Waals surface area contributed by atoms with E-state index in [0.29, 0.717) is 5.56 Å². The van der Waals surface area contributed by atoms with E-state index < -0.39 is 5.78 Å². The number of ketones is 2. The molecular formula is C14H11BrO4. The van der Waals surface area contributed by atoms with Gasteiger partial charge in [0.2, 0.25) is 0 Å². The lowest BCUT2D eigenvalue weighted by molar-refractivity contribution is -0.119. The van der Waals surface area contributed by atoms with Crippen LogP contribution in [0.1, 0.15) is 5.56 Å². The van der Waals surface area contributed by atoms with E-state index in [0.717, 1.165) is 4.47 Å². The van der Waals surface area contributed by atoms with Gasteiger partial charge in [-0.1, -0.05) is 28.1 Å². The Morgan fingerprint density at radius 2 is 1.63 bits per heavy atom. The SMILES string of the molecule is COC1=CC(=O)C(c2ccc(Br)cc2)=C(OC)C1=O. The van der Waals surface area contributed by atoms with Crippen LogP contribution in [-0.4, -0.2) is 25.8 Å². The van der Waals surface area contributed by atoms with Crippen LogP contribution in [0, 0.1) is 0 Å². The van der Waals surface area contributed by atoms with E-state index in [1.165, 1.54) is 20.3 Å². The molecule has 0 aliphatic heterocycles. The Morgan fingerprint density at radius 3 is 2.16 bits per heavy atom. The van der Waals surface area contributed by atoms with Crippen molar-refractivity contribution in [2.45, 2.75) is 0 Å². The van der Waals surface area contributed by atoms with Crippen molar-refractivity contribution < 1.29 is 19.1 Å². The molecule has 0 N–H and O–H groups in total. The third-order valence-electron chi connectivity index (χ3n) is 2.72. The number of ether oxygens (including phenoxy) is 2. The summed E-state index contributed by atoms with van der Waals surface area (Å²) in [6.07, 6.45) is 1.18. The Hall–Kier alpha value is -1.88. The first kappa shape index (κ1) is 13.5. The fraction of sp³-hybridized carbons (Fsp3) is 0.143. The number of carbonyl (C=O) groups excluding carboxylic acids is 2. The van der Waals surface area contributed by atoms with E-state index >= 15 is 0 Å². The summed E-state index contributed by atoms with van der Waals surface area (Å²) >= 11 is 3.32. The Kier molecular flexibility index (Phi) is 3.85. The molecule has 4 nitrogen and oxygen atoms in total. The molecule has 0 saturated heterocycles. The average Bonchev–Trinajstić information content (AvgIpc) is 2.41. The Labute approximate surface area is 118 Å². The first-order valence-electron chi connectivity index (χ1n) is 5.47.